The number of aryl methyl sites for hydroxylation is 2. The van der Waals surface area contributed by atoms with Crippen LogP contribution in [0.15, 0.2) is 59.4 Å². The van der Waals surface area contributed by atoms with Gasteiger partial charge in [0.25, 0.3) is 0 Å². The summed E-state index contributed by atoms with van der Waals surface area (Å²) in [5.41, 5.74) is 2.27. The molecule has 108 valence electrons. The Balaban J connectivity index is 1.76. The van der Waals surface area contributed by atoms with Gasteiger partial charge in [-0.3, -0.25) is 0 Å². The number of rotatable bonds is 5. The standard InChI is InChI=1S/C16H18N4S/c1-14-12-21-16(18-15-6-3-2-4-7-15)20(14)10-5-9-19-11-8-17-13-19/h2-4,6-8,11-13H,5,9-10H2,1H3. The second-order valence-corrected chi connectivity index (χ2v) is 5.75. The molecule has 0 radical (unpaired) electrons. The van der Waals surface area contributed by atoms with E-state index >= 15 is 0 Å². The largest absolute Gasteiger partial charge is 0.337 e. The van der Waals surface area contributed by atoms with Crippen molar-refractivity contribution >= 4 is 17.0 Å². The van der Waals surface area contributed by atoms with Crippen LogP contribution >= 0.6 is 11.3 Å². The van der Waals surface area contributed by atoms with Crippen LogP contribution < -0.4 is 4.80 Å². The van der Waals surface area contributed by atoms with Gasteiger partial charge in [0.2, 0.25) is 0 Å². The van der Waals surface area contributed by atoms with Gasteiger partial charge in [0.1, 0.15) is 0 Å². The smallest absolute Gasteiger partial charge is 0.190 e. The number of thiazole rings is 1. The molecule has 0 bridgehead atoms. The monoisotopic (exact) mass is 298 g/mol. The summed E-state index contributed by atoms with van der Waals surface area (Å²) in [6, 6.07) is 10.1. The Labute approximate surface area is 128 Å². The van der Waals surface area contributed by atoms with Gasteiger partial charge in [-0.05, 0) is 25.5 Å². The maximum absolute atomic E-state index is 4.74. The number of nitrogens with zero attached hydrogens (tertiary/aromatic N) is 4. The van der Waals surface area contributed by atoms with Crippen LogP contribution in [0.1, 0.15) is 12.1 Å². The summed E-state index contributed by atoms with van der Waals surface area (Å²) < 4.78 is 4.39. The average molecular weight is 298 g/mol. The fourth-order valence-corrected chi connectivity index (χ4v) is 3.14. The summed E-state index contributed by atoms with van der Waals surface area (Å²) in [7, 11) is 0. The van der Waals surface area contributed by atoms with Gasteiger partial charge in [0, 0.05) is 36.6 Å². The summed E-state index contributed by atoms with van der Waals surface area (Å²) in [6.45, 7) is 4.09. The Bertz CT molecular complexity index is 738. The van der Waals surface area contributed by atoms with Crippen molar-refractivity contribution in [3.63, 3.8) is 0 Å². The lowest BCUT2D eigenvalue weighted by Gasteiger charge is -2.06. The van der Waals surface area contributed by atoms with Gasteiger partial charge in [0.15, 0.2) is 4.80 Å². The van der Waals surface area contributed by atoms with Crippen molar-refractivity contribution in [2.24, 2.45) is 4.99 Å². The molecule has 4 nitrogen and oxygen atoms in total. The molecule has 21 heavy (non-hydrogen) atoms. The maximum Gasteiger partial charge on any atom is 0.190 e. The number of benzene rings is 1. The van der Waals surface area contributed by atoms with Crippen molar-refractivity contribution < 1.29 is 0 Å². The SMILES string of the molecule is Cc1csc(=Nc2ccccc2)n1CCCn1ccnc1. The van der Waals surface area contributed by atoms with Gasteiger partial charge in [-0.2, -0.15) is 0 Å². The first-order chi connectivity index (χ1) is 10.3. The molecule has 0 saturated heterocycles. The summed E-state index contributed by atoms with van der Waals surface area (Å²) in [5.74, 6) is 0. The fraction of sp³-hybridized carbons (Fsp3) is 0.250. The van der Waals surface area contributed by atoms with Crippen LogP contribution in [0.25, 0.3) is 0 Å². The van der Waals surface area contributed by atoms with Crippen LogP contribution in [0.4, 0.5) is 5.69 Å². The highest BCUT2D eigenvalue weighted by molar-refractivity contribution is 7.07. The lowest BCUT2D eigenvalue weighted by Crippen LogP contribution is -2.17. The van der Waals surface area contributed by atoms with Crippen molar-refractivity contribution in [1.82, 2.24) is 14.1 Å². The second kappa shape index (κ2) is 6.54. The van der Waals surface area contributed by atoms with Crippen LogP contribution in [-0.4, -0.2) is 14.1 Å². The number of hydrogen-bond acceptors (Lipinski definition) is 3. The molecule has 0 amide bonds. The van der Waals surface area contributed by atoms with E-state index in [1.165, 1.54) is 5.69 Å². The van der Waals surface area contributed by atoms with Crippen molar-refractivity contribution in [1.29, 1.82) is 0 Å². The fourth-order valence-electron chi connectivity index (χ4n) is 2.22. The van der Waals surface area contributed by atoms with E-state index in [1.54, 1.807) is 11.3 Å². The molecule has 0 unspecified atom stereocenters. The van der Waals surface area contributed by atoms with Crippen LogP contribution in [0.2, 0.25) is 0 Å². The molecule has 0 fully saturated rings. The second-order valence-electron chi connectivity index (χ2n) is 4.91. The molecular formula is C16H18N4S. The first kappa shape index (κ1) is 13.8. The van der Waals surface area contributed by atoms with Gasteiger partial charge >= 0.3 is 0 Å². The molecule has 5 heteroatoms. The predicted octanol–water partition coefficient (Wildman–Crippen LogP) is 3.38. The maximum atomic E-state index is 4.74. The van der Waals surface area contributed by atoms with Crippen LogP contribution in [0.3, 0.4) is 0 Å². The molecule has 3 rings (SSSR count). The Morgan fingerprint density at radius 3 is 2.81 bits per heavy atom. The lowest BCUT2D eigenvalue weighted by atomic mass is 10.3. The van der Waals surface area contributed by atoms with E-state index in [2.05, 4.69) is 26.4 Å². The first-order valence-electron chi connectivity index (χ1n) is 7.03. The van der Waals surface area contributed by atoms with Gasteiger partial charge in [-0.25, -0.2) is 9.98 Å². The highest BCUT2D eigenvalue weighted by atomic mass is 32.1. The quantitative estimate of drug-likeness (QED) is 0.711. The molecule has 0 aliphatic heterocycles. The molecule has 0 spiro atoms. The van der Waals surface area contributed by atoms with E-state index in [0.29, 0.717) is 0 Å². The summed E-state index contributed by atoms with van der Waals surface area (Å²) in [4.78, 5) is 9.87. The number of aromatic nitrogens is 3. The number of hydrogen-bond donors (Lipinski definition) is 0. The summed E-state index contributed by atoms with van der Waals surface area (Å²) in [6.07, 6.45) is 6.75. The first-order valence-corrected chi connectivity index (χ1v) is 7.91. The van der Waals surface area contributed by atoms with E-state index in [-0.39, 0.29) is 0 Å². The minimum atomic E-state index is 0.971. The Hall–Kier alpha value is -2.14. The Morgan fingerprint density at radius 1 is 1.19 bits per heavy atom. The zero-order chi connectivity index (χ0) is 14.5. The summed E-state index contributed by atoms with van der Waals surface area (Å²) in [5, 5.41) is 2.17. The minimum absolute atomic E-state index is 0.971. The van der Waals surface area contributed by atoms with E-state index < -0.39 is 0 Å². The molecule has 0 aliphatic carbocycles. The highest BCUT2D eigenvalue weighted by Gasteiger charge is 2.01. The van der Waals surface area contributed by atoms with Crippen molar-refractivity contribution in [3.05, 3.63) is 64.9 Å². The van der Waals surface area contributed by atoms with Crippen LogP contribution in [-0.2, 0) is 13.1 Å². The molecule has 2 aromatic heterocycles. The van der Waals surface area contributed by atoms with Crippen molar-refractivity contribution in [3.8, 4) is 0 Å². The molecular weight excluding hydrogens is 280 g/mol. The minimum Gasteiger partial charge on any atom is -0.337 e. The number of imidazole rings is 1. The van der Waals surface area contributed by atoms with Gasteiger partial charge in [-0.15, -0.1) is 11.3 Å². The molecule has 0 aliphatic rings. The Kier molecular flexibility index (Phi) is 4.31. The lowest BCUT2D eigenvalue weighted by molar-refractivity contribution is 0.548. The molecule has 2 heterocycles. The predicted molar refractivity (Wildman–Crippen MR) is 85.6 cm³/mol. The zero-order valence-corrected chi connectivity index (χ0v) is 12.8. The highest BCUT2D eigenvalue weighted by Crippen LogP contribution is 2.10. The third kappa shape index (κ3) is 3.49. The molecule has 0 saturated carbocycles. The van der Waals surface area contributed by atoms with E-state index in [1.807, 2.05) is 49.1 Å². The van der Waals surface area contributed by atoms with Crippen LogP contribution in [0.5, 0.6) is 0 Å². The van der Waals surface area contributed by atoms with Gasteiger partial charge in [0.05, 0.1) is 12.0 Å². The summed E-state index contributed by atoms with van der Waals surface area (Å²) >= 11 is 1.70. The Morgan fingerprint density at radius 2 is 2.05 bits per heavy atom. The third-order valence-electron chi connectivity index (χ3n) is 3.33. The molecule has 1 aromatic carbocycles. The molecule has 0 atom stereocenters. The van der Waals surface area contributed by atoms with E-state index in [9.17, 15) is 0 Å². The molecule has 3 aromatic rings. The van der Waals surface area contributed by atoms with Crippen molar-refractivity contribution in [2.75, 3.05) is 0 Å². The normalized spacial score (nSPS) is 12.0. The molecule has 0 N–H and O–H groups in total. The van der Waals surface area contributed by atoms with Crippen molar-refractivity contribution in [2.45, 2.75) is 26.4 Å². The van der Waals surface area contributed by atoms with E-state index in [0.717, 1.165) is 30.0 Å². The van der Waals surface area contributed by atoms with Crippen LogP contribution in [0, 0.1) is 6.92 Å². The third-order valence-corrected chi connectivity index (χ3v) is 4.31. The van der Waals surface area contributed by atoms with E-state index in [4.69, 9.17) is 4.99 Å². The topological polar surface area (TPSA) is 35.1 Å². The number of para-hydroxylation sites is 1. The zero-order valence-electron chi connectivity index (χ0n) is 12.0. The average Bonchev–Trinajstić information content (AvgIpc) is 3.13. The van der Waals surface area contributed by atoms with Gasteiger partial charge in [-0.1, -0.05) is 18.2 Å². The van der Waals surface area contributed by atoms with Gasteiger partial charge < -0.3 is 9.13 Å².